The summed E-state index contributed by atoms with van der Waals surface area (Å²) in [7, 11) is 0. The fourth-order valence-corrected chi connectivity index (χ4v) is 2.58. The molecule has 4 rings (SSSR count). The molecule has 0 atom stereocenters. The van der Waals surface area contributed by atoms with Gasteiger partial charge in [-0.1, -0.05) is 12.1 Å². The van der Waals surface area contributed by atoms with Gasteiger partial charge in [-0.3, -0.25) is 0 Å². The summed E-state index contributed by atoms with van der Waals surface area (Å²) in [6.07, 6.45) is 2.65. The highest BCUT2D eigenvalue weighted by atomic mass is 19.1. The van der Waals surface area contributed by atoms with Crippen LogP contribution in [0, 0.1) is 5.82 Å². The molecule has 0 unspecified atom stereocenters. The Morgan fingerprint density at radius 1 is 1.04 bits per heavy atom. The highest BCUT2D eigenvalue weighted by molar-refractivity contribution is 5.77. The zero-order valence-electron chi connectivity index (χ0n) is 12.9. The van der Waals surface area contributed by atoms with Crippen molar-refractivity contribution in [2.75, 3.05) is 11.9 Å². The maximum absolute atomic E-state index is 13.0. The Hall–Kier alpha value is -3.15. The van der Waals surface area contributed by atoms with E-state index >= 15 is 0 Å². The minimum Gasteiger partial charge on any atom is -0.355 e. The van der Waals surface area contributed by atoms with Crippen molar-refractivity contribution < 1.29 is 4.39 Å². The van der Waals surface area contributed by atoms with E-state index in [0.717, 1.165) is 41.3 Å². The maximum Gasteiger partial charge on any atom is 0.201 e. The van der Waals surface area contributed by atoms with Gasteiger partial charge in [0.1, 0.15) is 5.82 Å². The van der Waals surface area contributed by atoms with Crippen molar-refractivity contribution in [2.45, 2.75) is 6.42 Å². The number of rotatable bonds is 5. The third-order valence-corrected chi connectivity index (χ3v) is 3.80. The van der Waals surface area contributed by atoms with Gasteiger partial charge in [-0.2, -0.15) is 5.10 Å². The van der Waals surface area contributed by atoms with E-state index in [2.05, 4.69) is 20.4 Å². The molecule has 6 heteroatoms. The smallest absolute Gasteiger partial charge is 0.201 e. The Morgan fingerprint density at radius 3 is 2.71 bits per heavy atom. The average Bonchev–Trinajstić information content (AvgIpc) is 3.22. The number of fused-ring (bicyclic) bond motifs is 1. The lowest BCUT2D eigenvalue weighted by molar-refractivity contribution is 0.627. The van der Waals surface area contributed by atoms with Crippen LogP contribution in [0.3, 0.4) is 0 Å². The van der Waals surface area contributed by atoms with Gasteiger partial charge in [0.25, 0.3) is 0 Å². The summed E-state index contributed by atoms with van der Waals surface area (Å²) >= 11 is 0. The van der Waals surface area contributed by atoms with Gasteiger partial charge in [0.2, 0.25) is 5.95 Å². The molecule has 2 aromatic carbocycles. The molecule has 0 aliphatic rings. The van der Waals surface area contributed by atoms with Crippen LogP contribution in [0.4, 0.5) is 10.3 Å². The summed E-state index contributed by atoms with van der Waals surface area (Å²) in [6.45, 7) is 0.722. The van der Waals surface area contributed by atoms with Crippen LogP contribution in [0.5, 0.6) is 0 Å². The van der Waals surface area contributed by atoms with Crippen LogP contribution in [-0.4, -0.2) is 26.3 Å². The molecular weight excluding hydrogens is 305 g/mol. The third kappa shape index (κ3) is 2.99. The molecule has 2 heterocycles. The van der Waals surface area contributed by atoms with E-state index < -0.39 is 0 Å². The molecule has 4 aromatic rings. The number of anilines is 1. The number of aromatic amines is 1. The number of hydrogen-bond donors (Lipinski definition) is 2. The Kier molecular flexibility index (Phi) is 3.70. The highest BCUT2D eigenvalue weighted by Gasteiger charge is 2.04. The number of nitrogens with one attached hydrogen (secondary N) is 2. The second-order valence-corrected chi connectivity index (χ2v) is 5.51. The van der Waals surface area contributed by atoms with Crippen molar-refractivity contribution in [2.24, 2.45) is 0 Å². The van der Waals surface area contributed by atoms with Crippen LogP contribution < -0.4 is 5.32 Å². The summed E-state index contributed by atoms with van der Waals surface area (Å²) in [5.74, 6) is 0.510. The normalized spacial score (nSPS) is 11.0. The highest BCUT2D eigenvalue weighted by Crippen LogP contribution is 2.13. The second kappa shape index (κ2) is 6.16. The van der Waals surface area contributed by atoms with E-state index in [0.29, 0.717) is 0 Å². The number of H-pyrrole nitrogens is 1. The summed E-state index contributed by atoms with van der Waals surface area (Å²) in [5.41, 5.74) is 3.76. The molecule has 120 valence electrons. The third-order valence-electron chi connectivity index (χ3n) is 3.80. The Balaban J connectivity index is 1.38. The van der Waals surface area contributed by atoms with Gasteiger partial charge in [-0.15, -0.1) is 0 Å². The van der Waals surface area contributed by atoms with Crippen molar-refractivity contribution >= 4 is 17.0 Å². The van der Waals surface area contributed by atoms with Crippen LogP contribution in [0.2, 0.25) is 0 Å². The van der Waals surface area contributed by atoms with Gasteiger partial charge in [0.15, 0.2) is 0 Å². The van der Waals surface area contributed by atoms with Gasteiger partial charge in [-0.25, -0.2) is 14.1 Å². The van der Waals surface area contributed by atoms with Crippen molar-refractivity contribution in [1.29, 1.82) is 0 Å². The van der Waals surface area contributed by atoms with E-state index in [1.807, 2.05) is 36.5 Å². The first-order valence-corrected chi connectivity index (χ1v) is 7.77. The first-order valence-electron chi connectivity index (χ1n) is 7.77. The molecule has 0 spiro atoms. The Labute approximate surface area is 138 Å². The predicted molar refractivity (Wildman–Crippen MR) is 91.8 cm³/mol. The number of nitrogens with zero attached hydrogens (tertiary/aromatic N) is 3. The Morgan fingerprint density at radius 2 is 1.88 bits per heavy atom. The summed E-state index contributed by atoms with van der Waals surface area (Å²) in [6, 6.07) is 16.2. The van der Waals surface area contributed by atoms with E-state index in [-0.39, 0.29) is 5.82 Å². The number of para-hydroxylation sites is 2. The monoisotopic (exact) mass is 321 g/mol. The topological polar surface area (TPSA) is 58.5 Å². The van der Waals surface area contributed by atoms with E-state index in [4.69, 9.17) is 0 Å². The SMILES string of the molecule is Fc1ccc(-n2ccc(CCNc3nc4ccccc4[nH]3)n2)cc1. The molecule has 0 fully saturated rings. The largest absolute Gasteiger partial charge is 0.355 e. The summed E-state index contributed by atoms with van der Waals surface area (Å²) < 4.78 is 14.7. The lowest BCUT2D eigenvalue weighted by Crippen LogP contribution is -2.07. The van der Waals surface area contributed by atoms with Crippen molar-refractivity contribution in [3.63, 3.8) is 0 Å². The van der Waals surface area contributed by atoms with Crippen molar-refractivity contribution in [3.8, 4) is 5.69 Å². The molecule has 0 bridgehead atoms. The van der Waals surface area contributed by atoms with Gasteiger partial charge < -0.3 is 10.3 Å². The first kappa shape index (κ1) is 14.4. The fraction of sp³-hybridized carbons (Fsp3) is 0.111. The van der Waals surface area contributed by atoms with Crippen LogP contribution in [0.25, 0.3) is 16.7 Å². The molecule has 0 aliphatic heterocycles. The molecule has 0 aliphatic carbocycles. The molecule has 2 N–H and O–H groups in total. The average molecular weight is 321 g/mol. The van der Waals surface area contributed by atoms with Gasteiger partial charge in [0, 0.05) is 19.2 Å². The zero-order valence-corrected chi connectivity index (χ0v) is 12.9. The van der Waals surface area contributed by atoms with Crippen LogP contribution in [0.15, 0.2) is 60.8 Å². The van der Waals surface area contributed by atoms with Gasteiger partial charge >= 0.3 is 0 Å². The summed E-state index contributed by atoms with van der Waals surface area (Å²) in [5, 5.41) is 7.78. The minimum atomic E-state index is -0.249. The van der Waals surface area contributed by atoms with Crippen LogP contribution in [0.1, 0.15) is 5.69 Å². The van der Waals surface area contributed by atoms with Crippen LogP contribution in [-0.2, 0) is 6.42 Å². The zero-order chi connectivity index (χ0) is 16.4. The Bertz CT molecular complexity index is 922. The minimum absolute atomic E-state index is 0.249. The standard InChI is InChI=1S/C18H16FN5/c19-13-5-7-15(8-6-13)24-12-10-14(23-24)9-11-20-18-21-16-3-1-2-4-17(16)22-18/h1-8,10,12H,9,11H2,(H2,20,21,22). The number of imidazole rings is 1. The van der Waals surface area contributed by atoms with E-state index in [9.17, 15) is 4.39 Å². The number of halogens is 1. The first-order chi connectivity index (χ1) is 11.8. The fourth-order valence-electron chi connectivity index (χ4n) is 2.58. The summed E-state index contributed by atoms with van der Waals surface area (Å²) in [4.78, 5) is 7.71. The van der Waals surface area contributed by atoms with E-state index in [1.165, 1.54) is 12.1 Å². The van der Waals surface area contributed by atoms with Gasteiger partial charge in [0.05, 0.1) is 22.4 Å². The molecule has 2 aromatic heterocycles. The molecular formula is C18H16FN5. The molecule has 0 radical (unpaired) electrons. The predicted octanol–water partition coefficient (Wildman–Crippen LogP) is 3.54. The van der Waals surface area contributed by atoms with Crippen molar-refractivity contribution in [3.05, 3.63) is 72.3 Å². The lowest BCUT2D eigenvalue weighted by Gasteiger charge is -2.02. The van der Waals surface area contributed by atoms with Gasteiger partial charge in [-0.05, 0) is 42.5 Å². The quantitative estimate of drug-likeness (QED) is 0.591. The molecule has 0 saturated heterocycles. The molecule has 0 amide bonds. The van der Waals surface area contributed by atoms with E-state index in [1.54, 1.807) is 16.8 Å². The molecule has 5 nitrogen and oxygen atoms in total. The molecule has 0 saturated carbocycles. The number of aromatic nitrogens is 4. The molecule has 24 heavy (non-hydrogen) atoms. The number of benzene rings is 2. The maximum atomic E-state index is 13.0. The second-order valence-electron chi connectivity index (χ2n) is 5.51. The van der Waals surface area contributed by atoms with Crippen LogP contribution >= 0.6 is 0 Å². The van der Waals surface area contributed by atoms with Crippen molar-refractivity contribution in [1.82, 2.24) is 19.7 Å². The number of hydrogen-bond acceptors (Lipinski definition) is 3. The lowest BCUT2D eigenvalue weighted by atomic mass is 10.3.